The van der Waals surface area contributed by atoms with Crippen LogP contribution in [0.3, 0.4) is 0 Å². The van der Waals surface area contributed by atoms with Gasteiger partial charge in [0.2, 0.25) is 0 Å². The van der Waals surface area contributed by atoms with Crippen LogP contribution in [-0.4, -0.2) is 28.0 Å². The van der Waals surface area contributed by atoms with Crippen molar-refractivity contribution in [1.29, 1.82) is 0 Å². The van der Waals surface area contributed by atoms with Crippen LogP contribution >= 0.6 is 11.3 Å². The normalized spacial score (nSPS) is 15.9. The number of H-pyrrole nitrogens is 1. The van der Waals surface area contributed by atoms with E-state index in [1.165, 1.54) is 10.4 Å². The third kappa shape index (κ3) is 2.83. The Kier molecular flexibility index (Phi) is 3.72. The minimum Gasteiger partial charge on any atom is -0.311 e. The van der Waals surface area contributed by atoms with Crippen LogP contribution in [0.4, 0.5) is 0 Å². The highest BCUT2D eigenvalue weighted by atomic mass is 32.1. The topological polar surface area (TPSA) is 49.0 Å². The van der Waals surface area contributed by atoms with E-state index >= 15 is 0 Å². The van der Waals surface area contributed by atoms with Gasteiger partial charge in [0, 0.05) is 36.5 Å². The Balaban J connectivity index is 1.75. The van der Waals surface area contributed by atoms with Gasteiger partial charge in [-0.15, -0.1) is 11.3 Å². The minimum atomic E-state index is 0.0423. The molecule has 3 rings (SSSR count). The maximum atomic E-state index is 12.0. The smallest absolute Gasteiger partial charge is 0.254 e. The van der Waals surface area contributed by atoms with Crippen molar-refractivity contribution in [3.63, 3.8) is 0 Å². The zero-order valence-corrected chi connectivity index (χ0v) is 12.7. The van der Waals surface area contributed by atoms with Crippen LogP contribution in [0.1, 0.15) is 27.5 Å². The summed E-state index contributed by atoms with van der Waals surface area (Å²) in [6.45, 7) is 6.85. The summed E-state index contributed by atoms with van der Waals surface area (Å²) in [7, 11) is 0. The van der Waals surface area contributed by atoms with Crippen LogP contribution in [0.15, 0.2) is 16.2 Å². The quantitative estimate of drug-likeness (QED) is 0.920. The summed E-state index contributed by atoms with van der Waals surface area (Å²) in [5.74, 6) is 0.718. The SMILES string of the molecule is Cc1nc2c(c(=O)[nH]1)CCN(Cc1csc(C)c1)CC2. The number of aryl methyl sites for hydroxylation is 2. The van der Waals surface area contributed by atoms with Crippen molar-refractivity contribution >= 4 is 11.3 Å². The molecular formula is C15H19N3OS. The van der Waals surface area contributed by atoms with Crippen molar-refractivity contribution in [2.24, 2.45) is 0 Å². The molecule has 1 aliphatic heterocycles. The Bertz CT molecular complexity index is 674. The largest absolute Gasteiger partial charge is 0.311 e. The first-order valence-corrected chi connectivity index (χ1v) is 7.85. The number of rotatable bonds is 2. The van der Waals surface area contributed by atoms with E-state index < -0.39 is 0 Å². The van der Waals surface area contributed by atoms with E-state index in [0.29, 0.717) is 0 Å². The fourth-order valence-corrected chi connectivity index (χ4v) is 3.48. The highest BCUT2D eigenvalue weighted by molar-refractivity contribution is 7.10. The number of aromatic nitrogens is 2. The minimum absolute atomic E-state index is 0.0423. The van der Waals surface area contributed by atoms with Gasteiger partial charge in [-0.1, -0.05) is 0 Å². The number of nitrogens with zero attached hydrogens (tertiary/aromatic N) is 2. The molecule has 0 aliphatic carbocycles. The van der Waals surface area contributed by atoms with Crippen LogP contribution in [0, 0.1) is 13.8 Å². The molecule has 106 valence electrons. The summed E-state index contributed by atoms with van der Waals surface area (Å²) in [6.07, 6.45) is 1.66. The van der Waals surface area contributed by atoms with E-state index in [-0.39, 0.29) is 5.56 Å². The Labute approximate surface area is 122 Å². The molecule has 3 heterocycles. The van der Waals surface area contributed by atoms with Gasteiger partial charge < -0.3 is 4.98 Å². The summed E-state index contributed by atoms with van der Waals surface area (Å²) in [4.78, 5) is 23.1. The van der Waals surface area contributed by atoms with E-state index in [9.17, 15) is 4.79 Å². The standard InChI is InChI=1S/C15H19N3OS/c1-10-7-12(9-20-10)8-18-5-3-13-14(4-6-18)16-11(2)17-15(13)19/h7,9H,3-6,8H2,1-2H3,(H,16,17,19). The molecule has 0 bridgehead atoms. The molecule has 0 radical (unpaired) electrons. The fourth-order valence-electron chi connectivity index (χ4n) is 2.78. The van der Waals surface area contributed by atoms with Crippen LogP contribution in [-0.2, 0) is 19.4 Å². The van der Waals surface area contributed by atoms with Crippen molar-refractivity contribution in [3.8, 4) is 0 Å². The highest BCUT2D eigenvalue weighted by Gasteiger charge is 2.18. The van der Waals surface area contributed by atoms with E-state index in [1.54, 1.807) is 11.3 Å². The van der Waals surface area contributed by atoms with E-state index in [1.807, 2.05) is 6.92 Å². The lowest BCUT2D eigenvalue weighted by Gasteiger charge is -2.18. The van der Waals surface area contributed by atoms with Crippen molar-refractivity contribution in [2.45, 2.75) is 33.2 Å². The molecule has 0 atom stereocenters. The maximum Gasteiger partial charge on any atom is 0.254 e. The zero-order chi connectivity index (χ0) is 14.1. The number of thiophene rings is 1. The third-order valence-corrected chi connectivity index (χ3v) is 4.66. The second-order valence-electron chi connectivity index (χ2n) is 5.42. The predicted octanol–water partition coefficient (Wildman–Crippen LogP) is 2.05. The first-order valence-electron chi connectivity index (χ1n) is 6.97. The Morgan fingerprint density at radius 3 is 2.90 bits per heavy atom. The van der Waals surface area contributed by atoms with Crippen molar-refractivity contribution < 1.29 is 0 Å². The first kappa shape index (κ1) is 13.5. The zero-order valence-electron chi connectivity index (χ0n) is 11.9. The summed E-state index contributed by atoms with van der Waals surface area (Å²) in [5, 5.41) is 2.22. The summed E-state index contributed by atoms with van der Waals surface area (Å²) in [5.41, 5.74) is 3.27. The van der Waals surface area contributed by atoms with Gasteiger partial charge in [0.1, 0.15) is 5.82 Å². The van der Waals surface area contributed by atoms with Crippen LogP contribution in [0.25, 0.3) is 0 Å². The molecule has 5 heteroatoms. The number of fused-ring (bicyclic) bond motifs is 1. The van der Waals surface area contributed by atoms with Gasteiger partial charge in [-0.3, -0.25) is 9.69 Å². The molecule has 4 nitrogen and oxygen atoms in total. The molecule has 0 spiro atoms. The Morgan fingerprint density at radius 2 is 2.15 bits per heavy atom. The van der Waals surface area contributed by atoms with Gasteiger partial charge in [0.05, 0.1) is 5.69 Å². The van der Waals surface area contributed by atoms with Gasteiger partial charge in [0.15, 0.2) is 0 Å². The lowest BCUT2D eigenvalue weighted by molar-refractivity contribution is 0.279. The monoisotopic (exact) mass is 289 g/mol. The van der Waals surface area contributed by atoms with Gasteiger partial charge in [0.25, 0.3) is 5.56 Å². The number of hydrogen-bond acceptors (Lipinski definition) is 4. The lowest BCUT2D eigenvalue weighted by Crippen LogP contribution is -2.26. The molecular weight excluding hydrogens is 270 g/mol. The Morgan fingerprint density at radius 1 is 1.35 bits per heavy atom. The molecule has 0 fully saturated rings. The lowest BCUT2D eigenvalue weighted by atomic mass is 10.1. The van der Waals surface area contributed by atoms with E-state index in [2.05, 4.69) is 33.2 Å². The third-order valence-electron chi connectivity index (χ3n) is 3.75. The van der Waals surface area contributed by atoms with E-state index in [0.717, 1.165) is 49.6 Å². The summed E-state index contributed by atoms with van der Waals surface area (Å²) >= 11 is 1.80. The molecule has 1 aliphatic rings. The molecule has 20 heavy (non-hydrogen) atoms. The van der Waals surface area contributed by atoms with Crippen LogP contribution < -0.4 is 5.56 Å². The molecule has 2 aromatic heterocycles. The van der Waals surface area contributed by atoms with Gasteiger partial charge in [-0.2, -0.15) is 0 Å². The van der Waals surface area contributed by atoms with Crippen molar-refractivity contribution in [2.75, 3.05) is 13.1 Å². The summed E-state index contributed by atoms with van der Waals surface area (Å²) < 4.78 is 0. The second kappa shape index (κ2) is 5.50. The number of nitrogens with one attached hydrogen (secondary N) is 1. The predicted molar refractivity (Wildman–Crippen MR) is 81.3 cm³/mol. The average Bonchev–Trinajstić information content (AvgIpc) is 2.67. The number of aromatic amines is 1. The fraction of sp³-hybridized carbons (Fsp3) is 0.467. The van der Waals surface area contributed by atoms with Gasteiger partial charge in [-0.25, -0.2) is 4.98 Å². The van der Waals surface area contributed by atoms with Gasteiger partial charge >= 0.3 is 0 Å². The summed E-state index contributed by atoms with van der Waals surface area (Å²) in [6, 6.07) is 2.25. The van der Waals surface area contributed by atoms with Crippen LogP contribution in [0.2, 0.25) is 0 Å². The Hall–Kier alpha value is -1.46. The van der Waals surface area contributed by atoms with Crippen molar-refractivity contribution in [1.82, 2.24) is 14.9 Å². The second-order valence-corrected chi connectivity index (χ2v) is 6.53. The average molecular weight is 289 g/mol. The molecule has 1 N–H and O–H groups in total. The van der Waals surface area contributed by atoms with Gasteiger partial charge in [-0.05, 0) is 37.3 Å². The maximum absolute atomic E-state index is 12.0. The molecule has 0 saturated carbocycles. The van der Waals surface area contributed by atoms with Crippen LogP contribution in [0.5, 0.6) is 0 Å². The molecule has 0 amide bonds. The van der Waals surface area contributed by atoms with Crippen molar-refractivity contribution in [3.05, 3.63) is 49.3 Å². The molecule has 0 unspecified atom stereocenters. The molecule has 0 saturated heterocycles. The highest BCUT2D eigenvalue weighted by Crippen LogP contribution is 2.17. The first-order chi connectivity index (χ1) is 9.61. The number of hydrogen-bond donors (Lipinski definition) is 1. The van der Waals surface area contributed by atoms with E-state index in [4.69, 9.17) is 0 Å². The molecule has 0 aromatic carbocycles. The molecule has 2 aromatic rings.